The molecule has 1 heterocycles. The molecule has 0 spiro atoms. The van der Waals surface area contributed by atoms with Crippen LogP contribution < -0.4 is 5.32 Å². The molecule has 1 N–H and O–H groups in total. The van der Waals surface area contributed by atoms with Gasteiger partial charge in [0.25, 0.3) is 0 Å². The van der Waals surface area contributed by atoms with E-state index in [-0.39, 0.29) is 24.8 Å². The molecule has 1 saturated heterocycles. The van der Waals surface area contributed by atoms with Crippen LogP contribution in [0.5, 0.6) is 0 Å². The quantitative estimate of drug-likeness (QED) is 0.811. The number of nitrogens with one attached hydrogen (secondary N) is 1. The number of hydrogen-bond acceptors (Lipinski definition) is 2. The van der Waals surface area contributed by atoms with Crippen LogP contribution in [0.4, 0.5) is 0 Å². The van der Waals surface area contributed by atoms with E-state index in [9.17, 15) is 0 Å². The summed E-state index contributed by atoms with van der Waals surface area (Å²) in [4.78, 5) is 2.63. The lowest BCUT2D eigenvalue weighted by Crippen LogP contribution is -2.45. The van der Waals surface area contributed by atoms with Crippen molar-refractivity contribution in [2.75, 3.05) is 26.2 Å². The number of rotatable bonds is 3. The molecule has 0 aromatic heterocycles. The maximum absolute atomic E-state index is 6.05. The molecule has 1 atom stereocenters. The SMILES string of the molecule is Cl.Cl.Clc1ccc([C@@H](C2CC2)N2CCNCC2)c(Br)c1. The third-order valence-electron chi connectivity index (χ3n) is 3.89. The molecule has 1 aromatic carbocycles. The number of nitrogens with zero attached hydrogens (tertiary/aromatic N) is 1. The van der Waals surface area contributed by atoms with Gasteiger partial charge in [0.05, 0.1) is 0 Å². The zero-order valence-electron chi connectivity index (χ0n) is 11.1. The third-order valence-corrected chi connectivity index (χ3v) is 4.82. The first-order chi connectivity index (χ1) is 8.75. The van der Waals surface area contributed by atoms with E-state index in [0.717, 1.165) is 41.6 Å². The molecule has 114 valence electrons. The molecule has 1 aliphatic heterocycles. The lowest BCUT2D eigenvalue weighted by molar-refractivity contribution is 0.155. The molecule has 0 amide bonds. The minimum Gasteiger partial charge on any atom is -0.314 e. The summed E-state index contributed by atoms with van der Waals surface area (Å²) < 4.78 is 1.16. The van der Waals surface area contributed by atoms with Gasteiger partial charge < -0.3 is 5.32 Å². The molecule has 2 nitrogen and oxygen atoms in total. The van der Waals surface area contributed by atoms with Crippen molar-refractivity contribution in [3.63, 3.8) is 0 Å². The van der Waals surface area contributed by atoms with Gasteiger partial charge in [-0.1, -0.05) is 33.6 Å². The number of halogens is 4. The van der Waals surface area contributed by atoms with E-state index >= 15 is 0 Å². The van der Waals surface area contributed by atoms with E-state index in [1.165, 1.54) is 18.4 Å². The van der Waals surface area contributed by atoms with Crippen molar-refractivity contribution in [2.24, 2.45) is 5.92 Å². The van der Waals surface area contributed by atoms with Gasteiger partial charge in [-0.3, -0.25) is 4.90 Å². The van der Waals surface area contributed by atoms with Crippen LogP contribution in [0.2, 0.25) is 5.02 Å². The van der Waals surface area contributed by atoms with Crippen LogP contribution >= 0.6 is 52.3 Å². The van der Waals surface area contributed by atoms with E-state index < -0.39 is 0 Å². The highest BCUT2D eigenvalue weighted by Gasteiger charge is 2.37. The summed E-state index contributed by atoms with van der Waals surface area (Å²) >= 11 is 9.73. The second-order valence-corrected chi connectivity index (χ2v) is 6.52. The molecule has 2 fully saturated rings. The van der Waals surface area contributed by atoms with Gasteiger partial charge in [-0.15, -0.1) is 24.8 Å². The van der Waals surface area contributed by atoms with Crippen molar-refractivity contribution in [1.29, 1.82) is 0 Å². The van der Waals surface area contributed by atoms with Crippen LogP contribution in [0.25, 0.3) is 0 Å². The van der Waals surface area contributed by atoms with Crippen molar-refractivity contribution in [2.45, 2.75) is 18.9 Å². The van der Waals surface area contributed by atoms with Gasteiger partial charge >= 0.3 is 0 Å². The second kappa shape index (κ2) is 8.21. The van der Waals surface area contributed by atoms with Gasteiger partial charge in [-0.05, 0) is 36.5 Å². The van der Waals surface area contributed by atoms with Gasteiger partial charge in [0, 0.05) is 41.7 Å². The standard InChI is InChI=1S/C14H18BrClN2.2ClH/c15-13-9-11(16)3-4-12(13)14(10-1-2-10)18-7-5-17-6-8-18;;/h3-4,9-10,14,17H,1-2,5-8H2;2*1H/t14-;;/m1../s1. The lowest BCUT2D eigenvalue weighted by Gasteiger charge is -2.36. The average molecular weight is 403 g/mol. The number of piperazine rings is 1. The molecule has 2 aliphatic rings. The Morgan fingerprint density at radius 1 is 1.20 bits per heavy atom. The van der Waals surface area contributed by atoms with Crippen LogP contribution in [-0.4, -0.2) is 31.1 Å². The van der Waals surface area contributed by atoms with Crippen LogP contribution in [-0.2, 0) is 0 Å². The average Bonchev–Trinajstić information content (AvgIpc) is 3.18. The fourth-order valence-electron chi connectivity index (χ4n) is 2.86. The first-order valence-corrected chi connectivity index (χ1v) is 7.82. The van der Waals surface area contributed by atoms with E-state index in [2.05, 4.69) is 32.2 Å². The minimum atomic E-state index is 0. The minimum absolute atomic E-state index is 0. The van der Waals surface area contributed by atoms with Crippen LogP contribution in [0.1, 0.15) is 24.4 Å². The monoisotopic (exact) mass is 400 g/mol. The highest BCUT2D eigenvalue weighted by Crippen LogP contribution is 2.46. The smallest absolute Gasteiger partial charge is 0.0417 e. The van der Waals surface area contributed by atoms with Crippen LogP contribution in [0.3, 0.4) is 0 Å². The third kappa shape index (κ3) is 4.25. The fourth-order valence-corrected chi connectivity index (χ4v) is 3.78. The van der Waals surface area contributed by atoms with Crippen molar-refractivity contribution in [3.8, 4) is 0 Å². The topological polar surface area (TPSA) is 15.3 Å². The molecular formula is C14H20BrCl3N2. The highest BCUT2D eigenvalue weighted by atomic mass is 79.9. The highest BCUT2D eigenvalue weighted by molar-refractivity contribution is 9.10. The van der Waals surface area contributed by atoms with Crippen molar-refractivity contribution in [1.82, 2.24) is 10.2 Å². The van der Waals surface area contributed by atoms with Gasteiger partial charge in [-0.2, -0.15) is 0 Å². The van der Waals surface area contributed by atoms with Crippen molar-refractivity contribution < 1.29 is 0 Å². The predicted molar refractivity (Wildman–Crippen MR) is 93.6 cm³/mol. The van der Waals surface area contributed by atoms with E-state index in [1.54, 1.807) is 0 Å². The molecule has 0 bridgehead atoms. The Labute approximate surface area is 146 Å². The predicted octanol–water partition coefficient (Wildman–Crippen LogP) is 4.30. The summed E-state index contributed by atoms with van der Waals surface area (Å²) in [6.07, 6.45) is 2.73. The van der Waals surface area contributed by atoms with E-state index in [1.807, 2.05) is 12.1 Å². The van der Waals surface area contributed by atoms with Crippen LogP contribution in [0, 0.1) is 5.92 Å². The fraction of sp³-hybridized carbons (Fsp3) is 0.571. The van der Waals surface area contributed by atoms with E-state index in [0.29, 0.717) is 6.04 Å². The summed E-state index contributed by atoms with van der Waals surface area (Å²) in [7, 11) is 0. The molecule has 1 aromatic rings. The summed E-state index contributed by atoms with van der Waals surface area (Å²) in [5, 5.41) is 4.24. The largest absolute Gasteiger partial charge is 0.314 e. The first kappa shape index (κ1) is 18.5. The van der Waals surface area contributed by atoms with E-state index in [4.69, 9.17) is 11.6 Å². The van der Waals surface area contributed by atoms with Gasteiger partial charge in [0.15, 0.2) is 0 Å². The van der Waals surface area contributed by atoms with Crippen LogP contribution in [0.15, 0.2) is 22.7 Å². The Hall–Kier alpha value is 0.490. The molecule has 1 aliphatic carbocycles. The summed E-state index contributed by atoms with van der Waals surface area (Å²) in [5.41, 5.74) is 1.41. The molecule has 3 rings (SSSR count). The Morgan fingerprint density at radius 3 is 2.40 bits per heavy atom. The molecule has 1 saturated carbocycles. The van der Waals surface area contributed by atoms with Crippen molar-refractivity contribution in [3.05, 3.63) is 33.3 Å². The Kier molecular flexibility index (Phi) is 7.61. The van der Waals surface area contributed by atoms with Gasteiger partial charge in [-0.25, -0.2) is 0 Å². The van der Waals surface area contributed by atoms with Crippen molar-refractivity contribution >= 4 is 52.3 Å². The summed E-state index contributed by atoms with van der Waals surface area (Å²) in [5.74, 6) is 0.834. The van der Waals surface area contributed by atoms with Gasteiger partial charge in [0.1, 0.15) is 0 Å². The second-order valence-electron chi connectivity index (χ2n) is 5.23. The number of benzene rings is 1. The number of hydrogen-bond donors (Lipinski definition) is 1. The Morgan fingerprint density at radius 2 is 1.85 bits per heavy atom. The zero-order chi connectivity index (χ0) is 12.5. The molecule has 0 unspecified atom stereocenters. The maximum Gasteiger partial charge on any atom is 0.0417 e. The Bertz CT molecular complexity index is 434. The summed E-state index contributed by atoms with van der Waals surface area (Å²) in [6, 6.07) is 6.80. The lowest BCUT2D eigenvalue weighted by atomic mass is 10.00. The Balaban J connectivity index is 0.000001000. The molecule has 0 radical (unpaired) electrons. The molecule has 6 heteroatoms. The normalized spacial score (nSPS) is 20.7. The van der Waals surface area contributed by atoms with Gasteiger partial charge in [0.2, 0.25) is 0 Å². The molecular weight excluding hydrogens is 382 g/mol. The first-order valence-electron chi connectivity index (χ1n) is 6.65. The maximum atomic E-state index is 6.05. The zero-order valence-corrected chi connectivity index (χ0v) is 15.1. The summed E-state index contributed by atoms with van der Waals surface area (Å²) in [6.45, 7) is 4.51. The molecule has 20 heavy (non-hydrogen) atoms.